The first-order chi connectivity index (χ1) is 8.37. The Bertz CT molecular complexity index is 548. The zero-order valence-corrected chi connectivity index (χ0v) is 9.61. The van der Waals surface area contributed by atoms with Crippen LogP contribution in [0, 0.1) is 5.92 Å². The average Bonchev–Trinajstić information content (AvgIpc) is 2.52. The maximum atomic E-state index is 11.6. The highest BCUT2D eigenvalue weighted by molar-refractivity contribution is 4.94. The van der Waals surface area contributed by atoms with E-state index in [2.05, 4.69) is 0 Å². The van der Waals surface area contributed by atoms with Crippen LogP contribution in [0.1, 0.15) is 13.2 Å². The number of aliphatic hydroxyl groups excluding tert-OH is 1. The summed E-state index contributed by atoms with van der Waals surface area (Å²) < 4.78 is 6.28. The lowest BCUT2D eigenvalue weighted by Gasteiger charge is -2.24. The van der Waals surface area contributed by atoms with Gasteiger partial charge < -0.3 is 20.1 Å². The topological polar surface area (TPSA) is 125 Å². The van der Waals surface area contributed by atoms with Crippen molar-refractivity contribution >= 4 is 0 Å². The van der Waals surface area contributed by atoms with Gasteiger partial charge in [-0.1, -0.05) is 6.92 Å². The van der Waals surface area contributed by atoms with Gasteiger partial charge in [-0.3, -0.25) is 14.3 Å². The van der Waals surface area contributed by atoms with Crippen molar-refractivity contribution in [2.75, 3.05) is 6.61 Å². The highest BCUT2D eigenvalue weighted by Gasteiger charge is 2.53. The van der Waals surface area contributed by atoms with Crippen LogP contribution in [0.4, 0.5) is 0 Å². The first-order valence-corrected chi connectivity index (χ1v) is 5.40. The van der Waals surface area contributed by atoms with Gasteiger partial charge in [0.2, 0.25) is 0 Å². The Kier molecular flexibility index (Phi) is 3.11. The number of aromatic nitrogens is 2. The van der Waals surface area contributed by atoms with Gasteiger partial charge in [-0.05, 0) is 0 Å². The van der Waals surface area contributed by atoms with Gasteiger partial charge in [0.25, 0.3) is 5.56 Å². The van der Waals surface area contributed by atoms with E-state index in [0.717, 1.165) is 10.6 Å². The third-order valence-corrected chi connectivity index (χ3v) is 3.17. The summed E-state index contributed by atoms with van der Waals surface area (Å²) in [6.07, 6.45) is -0.976. The van der Waals surface area contributed by atoms with Crippen LogP contribution in [0.25, 0.3) is 0 Å². The molecule has 1 fully saturated rings. The van der Waals surface area contributed by atoms with Crippen molar-refractivity contribution in [3.63, 3.8) is 0 Å². The number of aromatic amines is 1. The van der Waals surface area contributed by atoms with E-state index < -0.39 is 41.9 Å². The molecule has 1 aliphatic rings. The molecule has 0 saturated carbocycles. The summed E-state index contributed by atoms with van der Waals surface area (Å²) in [6, 6.07) is 1.13. The van der Waals surface area contributed by atoms with E-state index in [1.165, 1.54) is 13.1 Å². The molecule has 8 nitrogen and oxygen atoms in total. The Morgan fingerprint density at radius 2 is 2.17 bits per heavy atom. The van der Waals surface area contributed by atoms with Crippen molar-refractivity contribution in [1.29, 1.82) is 0 Å². The van der Waals surface area contributed by atoms with Gasteiger partial charge in [0.15, 0.2) is 5.79 Å². The van der Waals surface area contributed by atoms with Gasteiger partial charge in [0, 0.05) is 12.3 Å². The zero-order chi connectivity index (χ0) is 13.5. The quantitative estimate of drug-likeness (QED) is 0.444. The maximum absolute atomic E-state index is 11.6. The molecule has 1 saturated heterocycles. The van der Waals surface area contributed by atoms with Crippen LogP contribution in [-0.2, 0) is 4.74 Å². The van der Waals surface area contributed by atoms with Crippen LogP contribution >= 0.6 is 0 Å². The summed E-state index contributed by atoms with van der Waals surface area (Å²) in [5.41, 5.74) is -1.27. The minimum Gasteiger partial charge on any atom is -0.393 e. The predicted octanol–water partition coefficient (Wildman–Crippen LogP) is -2.26. The van der Waals surface area contributed by atoms with Crippen molar-refractivity contribution < 1.29 is 20.1 Å². The molecule has 0 spiro atoms. The third kappa shape index (κ3) is 1.89. The fourth-order valence-electron chi connectivity index (χ4n) is 2.00. The number of nitrogens with one attached hydrogen (secondary N) is 1. The normalized spacial score (nSPS) is 30.6. The molecule has 2 heterocycles. The molecule has 3 atom stereocenters. The fraction of sp³-hybridized carbons (Fsp3) is 0.600. The lowest BCUT2D eigenvalue weighted by atomic mass is 9.98. The van der Waals surface area contributed by atoms with E-state index in [-0.39, 0.29) is 0 Å². The summed E-state index contributed by atoms with van der Waals surface area (Å²) >= 11 is 0. The predicted molar refractivity (Wildman–Crippen MR) is 58.7 cm³/mol. The lowest BCUT2D eigenvalue weighted by Crippen LogP contribution is -2.45. The molecule has 8 heteroatoms. The molecule has 3 unspecified atom stereocenters. The molecule has 1 aromatic rings. The Balaban J connectivity index is 2.41. The van der Waals surface area contributed by atoms with E-state index >= 15 is 0 Å². The van der Waals surface area contributed by atoms with Crippen LogP contribution in [0.2, 0.25) is 0 Å². The van der Waals surface area contributed by atoms with Crippen LogP contribution in [0.3, 0.4) is 0 Å². The van der Waals surface area contributed by atoms with Crippen molar-refractivity contribution in [3.05, 3.63) is 33.1 Å². The first-order valence-electron chi connectivity index (χ1n) is 5.40. The summed E-state index contributed by atoms with van der Waals surface area (Å²) in [5, 5.41) is 28.6. The third-order valence-electron chi connectivity index (χ3n) is 3.17. The van der Waals surface area contributed by atoms with Gasteiger partial charge >= 0.3 is 5.69 Å². The molecular formula is C10H14N2O6. The van der Waals surface area contributed by atoms with Gasteiger partial charge in [0.1, 0.15) is 12.3 Å². The molecule has 0 radical (unpaired) electrons. The van der Waals surface area contributed by atoms with Crippen molar-refractivity contribution in [1.82, 2.24) is 9.55 Å². The Hall–Kier alpha value is -1.48. The number of nitrogens with zero attached hydrogens (tertiary/aromatic N) is 1. The van der Waals surface area contributed by atoms with Crippen LogP contribution in [0.5, 0.6) is 0 Å². The molecular weight excluding hydrogens is 244 g/mol. The molecule has 0 aromatic carbocycles. The molecule has 18 heavy (non-hydrogen) atoms. The summed E-state index contributed by atoms with van der Waals surface area (Å²) in [5.74, 6) is -3.09. The van der Waals surface area contributed by atoms with Crippen LogP contribution in [-0.4, -0.2) is 43.4 Å². The summed E-state index contributed by atoms with van der Waals surface area (Å²) in [4.78, 5) is 24.6. The van der Waals surface area contributed by atoms with E-state index in [4.69, 9.17) is 9.84 Å². The van der Waals surface area contributed by atoms with E-state index in [1.807, 2.05) is 4.98 Å². The minimum atomic E-state index is -2.24. The standard InChI is InChI=1S/C10H14N2O6/c1-5-8(18-6(4-13)10(5,16)17)12-3-2-7(14)11-9(12)15/h2-3,5-6,8,13,16-17H,4H2,1H3,(H,11,14,15). The number of H-pyrrole nitrogens is 1. The van der Waals surface area contributed by atoms with Crippen molar-refractivity contribution in [3.8, 4) is 0 Å². The van der Waals surface area contributed by atoms with Crippen molar-refractivity contribution in [2.45, 2.75) is 25.0 Å². The second-order valence-corrected chi connectivity index (χ2v) is 4.29. The van der Waals surface area contributed by atoms with Crippen LogP contribution < -0.4 is 11.2 Å². The monoisotopic (exact) mass is 258 g/mol. The smallest absolute Gasteiger partial charge is 0.330 e. The molecule has 1 aromatic heterocycles. The molecule has 0 bridgehead atoms. The number of hydrogen-bond donors (Lipinski definition) is 4. The maximum Gasteiger partial charge on any atom is 0.330 e. The van der Waals surface area contributed by atoms with Gasteiger partial charge in [0.05, 0.1) is 12.5 Å². The van der Waals surface area contributed by atoms with E-state index in [9.17, 15) is 19.8 Å². The molecule has 2 rings (SSSR count). The van der Waals surface area contributed by atoms with Gasteiger partial charge in [-0.25, -0.2) is 4.79 Å². The van der Waals surface area contributed by atoms with E-state index in [0.29, 0.717) is 0 Å². The number of hydrogen-bond acceptors (Lipinski definition) is 6. The zero-order valence-electron chi connectivity index (χ0n) is 9.61. The van der Waals surface area contributed by atoms with Gasteiger partial charge in [-0.15, -0.1) is 0 Å². The molecule has 0 aliphatic carbocycles. The summed E-state index contributed by atoms with van der Waals surface area (Å²) in [6.45, 7) is 0.879. The number of aliphatic hydroxyl groups is 3. The average molecular weight is 258 g/mol. The highest BCUT2D eigenvalue weighted by Crippen LogP contribution is 2.39. The minimum absolute atomic E-state index is 0.556. The molecule has 100 valence electrons. The second-order valence-electron chi connectivity index (χ2n) is 4.29. The fourth-order valence-corrected chi connectivity index (χ4v) is 2.00. The SMILES string of the molecule is CC1C(n2ccc(=O)[nH]c2=O)OC(CO)C1(O)O. The van der Waals surface area contributed by atoms with Crippen LogP contribution in [0.15, 0.2) is 21.9 Å². The Morgan fingerprint density at radius 3 is 2.67 bits per heavy atom. The second kappa shape index (κ2) is 4.32. The lowest BCUT2D eigenvalue weighted by molar-refractivity contribution is -0.217. The summed E-state index contributed by atoms with van der Waals surface area (Å²) in [7, 11) is 0. The molecule has 0 amide bonds. The largest absolute Gasteiger partial charge is 0.393 e. The Morgan fingerprint density at radius 1 is 1.50 bits per heavy atom. The number of ether oxygens (including phenoxy) is 1. The first kappa shape index (κ1) is 13.0. The molecule has 1 aliphatic heterocycles. The Labute approximate surface area is 101 Å². The van der Waals surface area contributed by atoms with Crippen molar-refractivity contribution in [2.24, 2.45) is 5.92 Å². The molecule has 4 N–H and O–H groups in total. The van der Waals surface area contributed by atoms with Gasteiger partial charge in [-0.2, -0.15) is 0 Å². The highest BCUT2D eigenvalue weighted by atomic mass is 16.6. The van der Waals surface area contributed by atoms with E-state index in [1.54, 1.807) is 0 Å². The number of rotatable bonds is 2.